The van der Waals surface area contributed by atoms with E-state index in [0.717, 1.165) is 11.8 Å². The number of halogens is 2. The standard InChI is InChI=1S/C17H17Cl2NO7S/c1-9(21)28-6-5-14(23)20-12(7-15(24)25)13(22)8-27-17(26)16-10(18)3-2-4-11(16)19/h2-4,12H,5-8H2,1H3,(H,20,23)(H,24,25)/t12-/m0/s1. The van der Waals surface area contributed by atoms with Gasteiger partial charge in [-0.05, 0) is 12.1 Å². The summed E-state index contributed by atoms with van der Waals surface area (Å²) in [5, 5.41) is 11.1. The van der Waals surface area contributed by atoms with Crippen molar-refractivity contribution in [2.24, 2.45) is 0 Å². The van der Waals surface area contributed by atoms with Gasteiger partial charge in [0, 0.05) is 19.1 Å². The molecule has 8 nitrogen and oxygen atoms in total. The number of rotatable bonds is 10. The van der Waals surface area contributed by atoms with E-state index >= 15 is 0 Å². The second-order valence-corrected chi connectivity index (χ2v) is 7.53. The molecule has 2 N–H and O–H groups in total. The molecule has 0 heterocycles. The molecule has 0 fully saturated rings. The highest BCUT2D eigenvalue weighted by Gasteiger charge is 2.25. The highest BCUT2D eigenvalue weighted by atomic mass is 35.5. The maximum Gasteiger partial charge on any atom is 0.341 e. The Morgan fingerprint density at radius 1 is 1.18 bits per heavy atom. The molecule has 1 aromatic carbocycles. The van der Waals surface area contributed by atoms with Gasteiger partial charge >= 0.3 is 11.9 Å². The number of hydrogen-bond donors (Lipinski definition) is 2. The summed E-state index contributed by atoms with van der Waals surface area (Å²) >= 11 is 12.7. The number of carbonyl (C=O) groups excluding carboxylic acids is 4. The third-order valence-corrected chi connectivity index (χ3v) is 4.69. The minimum Gasteiger partial charge on any atom is -0.481 e. The van der Waals surface area contributed by atoms with Gasteiger partial charge in [-0.2, -0.15) is 0 Å². The Bertz CT molecular complexity index is 765. The van der Waals surface area contributed by atoms with Crippen LogP contribution in [-0.2, 0) is 23.9 Å². The van der Waals surface area contributed by atoms with Gasteiger partial charge in [0.15, 0.2) is 17.5 Å². The summed E-state index contributed by atoms with van der Waals surface area (Å²) in [4.78, 5) is 57.9. The molecule has 28 heavy (non-hydrogen) atoms. The van der Waals surface area contributed by atoms with Gasteiger partial charge < -0.3 is 15.2 Å². The first-order valence-corrected chi connectivity index (χ1v) is 9.64. The predicted octanol–water partition coefficient (Wildman–Crippen LogP) is 2.35. The van der Waals surface area contributed by atoms with Crippen LogP contribution in [0.3, 0.4) is 0 Å². The summed E-state index contributed by atoms with van der Waals surface area (Å²) in [5.74, 6) is -3.51. The van der Waals surface area contributed by atoms with E-state index in [2.05, 4.69) is 5.32 Å². The van der Waals surface area contributed by atoms with Crippen molar-refractivity contribution in [3.8, 4) is 0 Å². The topological polar surface area (TPSA) is 127 Å². The summed E-state index contributed by atoms with van der Waals surface area (Å²) in [7, 11) is 0. The van der Waals surface area contributed by atoms with E-state index in [4.69, 9.17) is 33.0 Å². The summed E-state index contributed by atoms with van der Waals surface area (Å²) in [6.45, 7) is 0.569. The van der Waals surface area contributed by atoms with Gasteiger partial charge in [0.05, 0.1) is 22.0 Å². The number of ketones is 1. The van der Waals surface area contributed by atoms with Crippen LogP contribution in [-0.4, -0.2) is 52.3 Å². The van der Waals surface area contributed by atoms with Gasteiger partial charge in [-0.15, -0.1) is 0 Å². The number of ether oxygens (including phenoxy) is 1. The quantitative estimate of drug-likeness (QED) is 0.520. The molecule has 0 saturated carbocycles. The second-order valence-electron chi connectivity index (χ2n) is 5.45. The Hall–Kier alpha value is -2.10. The van der Waals surface area contributed by atoms with E-state index in [1.807, 2.05) is 0 Å². The third-order valence-electron chi connectivity index (χ3n) is 3.25. The molecule has 0 aliphatic carbocycles. The fraction of sp³-hybridized carbons (Fsp3) is 0.353. The smallest absolute Gasteiger partial charge is 0.341 e. The lowest BCUT2D eigenvalue weighted by Crippen LogP contribution is -2.44. The van der Waals surface area contributed by atoms with E-state index in [0.29, 0.717) is 0 Å². The van der Waals surface area contributed by atoms with Crippen molar-refractivity contribution < 1.29 is 33.8 Å². The number of nitrogens with one attached hydrogen (secondary N) is 1. The van der Waals surface area contributed by atoms with Gasteiger partial charge in [-0.25, -0.2) is 4.79 Å². The number of Topliss-reactive ketones (excluding diaryl/α,β-unsaturated/α-hetero) is 1. The SMILES string of the molecule is CC(=O)SCCC(=O)N[C@@H](CC(=O)O)C(=O)COC(=O)c1c(Cl)cccc1Cl. The monoisotopic (exact) mass is 449 g/mol. The summed E-state index contributed by atoms with van der Waals surface area (Å²) in [5.41, 5.74) is -0.126. The maximum atomic E-state index is 12.2. The fourth-order valence-electron chi connectivity index (χ4n) is 1.98. The Morgan fingerprint density at radius 3 is 2.32 bits per heavy atom. The first-order valence-electron chi connectivity index (χ1n) is 7.90. The van der Waals surface area contributed by atoms with Gasteiger partial charge in [0.1, 0.15) is 6.04 Å². The van der Waals surface area contributed by atoms with Crippen LogP contribution in [0.15, 0.2) is 18.2 Å². The number of esters is 1. The molecule has 0 radical (unpaired) electrons. The van der Waals surface area contributed by atoms with Crippen molar-refractivity contribution in [1.29, 1.82) is 0 Å². The number of amides is 1. The first kappa shape index (κ1) is 23.9. The highest BCUT2D eigenvalue weighted by molar-refractivity contribution is 8.13. The van der Waals surface area contributed by atoms with Crippen LogP contribution in [0, 0.1) is 0 Å². The van der Waals surface area contributed by atoms with E-state index in [-0.39, 0.29) is 32.9 Å². The molecule has 0 aliphatic rings. The van der Waals surface area contributed by atoms with Gasteiger partial charge in [-0.1, -0.05) is 41.0 Å². The van der Waals surface area contributed by atoms with E-state index in [1.165, 1.54) is 25.1 Å². The van der Waals surface area contributed by atoms with E-state index in [1.54, 1.807) is 0 Å². The molecule has 1 rings (SSSR count). The van der Waals surface area contributed by atoms with Gasteiger partial charge in [0.2, 0.25) is 5.91 Å². The van der Waals surface area contributed by atoms with Gasteiger partial charge in [0.25, 0.3) is 0 Å². The molecule has 1 amide bonds. The maximum absolute atomic E-state index is 12.2. The molecule has 0 spiro atoms. The number of carbonyl (C=O) groups is 5. The number of aliphatic carboxylic acids is 1. The molecule has 0 bridgehead atoms. The molecule has 152 valence electrons. The largest absolute Gasteiger partial charge is 0.481 e. The van der Waals surface area contributed by atoms with Crippen molar-refractivity contribution in [3.63, 3.8) is 0 Å². The lowest BCUT2D eigenvalue weighted by atomic mass is 10.1. The molecule has 1 atom stereocenters. The second kappa shape index (κ2) is 11.7. The summed E-state index contributed by atoms with van der Waals surface area (Å²) < 4.78 is 4.86. The zero-order valence-electron chi connectivity index (χ0n) is 14.7. The number of carboxylic acids is 1. The lowest BCUT2D eigenvalue weighted by molar-refractivity contribution is -0.140. The van der Waals surface area contributed by atoms with E-state index in [9.17, 15) is 24.0 Å². The van der Waals surface area contributed by atoms with Crippen molar-refractivity contribution in [2.75, 3.05) is 12.4 Å². The molecule has 0 aliphatic heterocycles. The average Bonchev–Trinajstić information content (AvgIpc) is 2.58. The number of benzene rings is 1. The number of hydrogen-bond acceptors (Lipinski definition) is 7. The van der Waals surface area contributed by atoms with Crippen molar-refractivity contribution in [2.45, 2.75) is 25.8 Å². The van der Waals surface area contributed by atoms with E-state index < -0.39 is 42.7 Å². The van der Waals surface area contributed by atoms with Crippen molar-refractivity contribution >= 4 is 63.7 Å². The Labute approximate surface area is 174 Å². The minimum atomic E-state index is -1.39. The van der Waals surface area contributed by atoms with Crippen molar-refractivity contribution in [3.05, 3.63) is 33.8 Å². The van der Waals surface area contributed by atoms with Crippen LogP contribution >= 0.6 is 35.0 Å². The van der Waals surface area contributed by atoms with Crippen LogP contribution in [0.25, 0.3) is 0 Å². The predicted molar refractivity (Wildman–Crippen MR) is 104 cm³/mol. The Balaban J connectivity index is 2.69. The molecule has 0 unspecified atom stereocenters. The molecule has 1 aromatic rings. The zero-order valence-corrected chi connectivity index (χ0v) is 17.0. The molecular formula is C17H17Cl2NO7S. The van der Waals surface area contributed by atoms with Crippen LogP contribution in [0.1, 0.15) is 30.1 Å². The lowest BCUT2D eigenvalue weighted by Gasteiger charge is -2.16. The van der Waals surface area contributed by atoms with Crippen LogP contribution in [0.5, 0.6) is 0 Å². The third kappa shape index (κ3) is 8.28. The summed E-state index contributed by atoms with van der Waals surface area (Å²) in [6, 6.07) is 2.97. The molecular weight excluding hydrogens is 433 g/mol. The zero-order chi connectivity index (χ0) is 21.3. The minimum absolute atomic E-state index is 0.0308. The molecule has 11 heteroatoms. The van der Waals surface area contributed by atoms with Crippen LogP contribution in [0.2, 0.25) is 10.0 Å². The summed E-state index contributed by atoms with van der Waals surface area (Å²) in [6.07, 6.45) is -0.766. The Kier molecular flexibility index (Phi) is 9.98. The molecule has 0 saturated heterocycles. The fourth-order valence-corrected chi connectivity index (χ4v) is 3.10. The van der Waals surface area contributed by atoms with Crippen LogP contribution < -0.4 is 5.32 Å². The van der Waals surface area contributed by atoms with Crippen molar-refractivity contribution in [1.82, 2.24) is 5.32 Å². The first-order chi connectivity index (χ1) is 13.1. The number of carboxylic acid groups (broad SMARTS) is 1. The normalized spacial score (nSPS) is 11.4. The molecule has 0 aromatic heterocycles. The van der Waals surface area contributed by atoms with Crippen LogP contribution in [0.4, 0.5) is 0 Å². The number of thioether (sulfide) groups is 1. The Morgan fingerprint density at radius 2 is 1.79 bits per heavy atom. The van der Waals surface area contributed by atoms with Gasteiger partial charge in [-0.3, -0.25) is 19.2 Å². The average molecular weight is 450 g/mol. The highest BCUT2D eigenvalue weighted by Crippen LogP contribution is 2.24.